The second kappa shape index (κ2) is 6.59. The highest BCUT2D eigenvalue weighted by molar-refractivity contribution is 6.39. The third kappa shape index (κ3) is 3.62. The molecule has 4 nitrogen and oxygen atoms in total. The normalized spacial score (nSPS) is 10.2. The monoisotopic (exact) mass is 308 g/mol. The van der Waals surface area contributed by atoms with Gasteiger partial charge in [-0.25, -0.2) is 4.98 Å². The summed E-state index contributed by atoms with van der Waals surface area (Å²) in [4.78, 5) is 8.63. The van der Waals surface area contributed by atoms with Crippen LogP contribution in [0.5, 0.6) is 0 Å². The summed E-state index contributed by atoms with van der Waals surface area (Å²) >= 11 is 12.2. The summed E-state index contributed by atoms with van der Waals surface area (Å²) in [6, 6.07) is 7.14. The standard InChI is InChI=1S/C14H14Cl2N4/c1-3-7-17-14-18-9(2)8-12(20-14)19-13-10(15)5-4-6-11(13)16/h3-6,8H,1,7H2,2H3,(H2,17,18,19,20). The quantitative estimate of drug-likeness (QED) is 0.802. The fourth-order valence-electron chi connectivity index (χ4n) is 1.62. The van der Waals surface area contributed by atoms with Gasteiger partial charge in [0.15, 0.2) is 0 Å². The number of para-hydroxylation sites is 1. The van der Waals surface area contributed by atoms with E-state index in [1.54, 1.807) is 24.3 Å². The second-order valence-corrected chi connectivity index (χ2v) is 4.92. The first-order chi connectivity index (χ1) is 9.60. The SMILES string of the molecule is C=CCNc1nc(C)cc(Nc2c(Cl)cccc2Cl)n1. The summed E-state index contributed by atoms with van der Waals surface area (Å²) in [7, 11) is 0. The van der Waals surface area contributed by atoms with Crippen molar-refractivity contribution in [1.29, 1.82) is 0 Å². The van der Waals surface area contributed by atoms with Crippen LogP contribution in [0.15, 0.2) is 36.9 Å². The molecule has 0 radical (unpaired) electrons. The molecule has 0 amide bonds. The number of anilines is 3. The lowest BCUT2D eigenvalue weighted by Crippen LogP contribution is -2.06. The maximum absolute atomic E-state index is 6.12. The first-order valence-corrected chi connectivity index (χ1v) is 6.77. The minimum atomic E-state index is 0.524. The lowest BCUT2D eigenvalue weighted by atomic mass is 10.3. The molecule has 20 heavy (non-hydrogen) atoms. The molecule has 104 valence electrons. The van der Waals surface area contributed by atoms with Gasteiger partial charge < -0.3 is 10.6 Å². The van der Waals surface area contributed by atoms with E-state index in [0.717, 1.165) is 5.69 Å². The number of halogens is 2. The molecule has 0 atom stereocenters. The van der Waals surface area contributed by atoms with Crippen molar-refractivity contribution in [3.63, 3.8) is 0 Å². The average molecular weight is 309 g/mol. The lowest BCUT2D eigenvalue weighted by Gasteiger charge is -2.11. The molecule has 0 spiro atoms. The van der Waals surface area contributed by atoms with E-state index in [1.807, 2.05) is 13.0 Å². The summed E-state index contributed by atoms with van der Waals surface area (Å²) in [6.07, 6.45) is 1.74. The highest BCUT2D eigenvalue weighted by Gasteiger charge is 2.08. The van der Waals surface area contributed by atoms with Crippen LogP contribution in [0.2, 0.25) is 10.0 Å². The molecule has 2 aromatic rings. The van der Waals surface area contributed by atoms with Gasteiger partial charge >= 0.3 is 0 Å². The maximum Gasteiger partial charge on any atom is 0.225 e. The molecule has 6 heteroatoms. The van der Waals surface area contributed by atoms with E-state index in [4.69, 9.17) is 23.2 Å². The van der Waals surface area contributed by atoms with E-state index >= 15 is 0 Å². The van der Waals surface area contributed by atoms with E-state index in [0.29, 0.717) is 34.0 Å². The van der Waals surface area contributed by atoms with E-state index in [1.165, 1.54) is 0 Å². The molecule has 0 aliphatic carbocycles. The number of hydrogen-bond acceptors (Lipinski definition) is 4. The van der Waals surface area contributed by atoms with Crippen molar-refractivity contribution in [2.75, 3.05) is 17.2 Å². The largest absolute Gasteiger partial charge is 0.351 e. The van der Waals surface area contributed by atoms with Gasteiger partial charge in [-0.15, -0.1) is 6.58 Å². The number of aromatic nitrogens is 2. The van der Waals surface area contributed by atoms with Crippen LogP contribution in [0.3, 0.4) is 0 Å². The van der Waals surface area contributed by atoms with Gasteiger partial charge in [0, 0.05) is 18.3 Å². The maximum atomic E-state index is 6.12. The third-order valence-electron chi connectivity index (χ3n) is 2.47. The van der Waals surface area contributed by atoms with Crippen LogP contribution >= 0.6 is 23.2 Å². The Kier molecular flexibility index (Phi) is 4.82. The Balaban J connectivity index is 2.29. The van der Waals surface area contributed by atoms with E-state index in [9.17, 15) is 0 Å². The molecule has 0 bridgehead atoms. The zero-order chi connectivity index (χ0) is 14.5. The fraction of sp³-hybridized carbons (Fsp3) is 0.143. The highest BCUT2D eigenvalue weighted by atomic mass is 35.5. The van der Waals surface area contributed by atoms with Gasteiger partial charge in [-0.1, -0.05) is 35.3 Å². The van der Waals surface area contributed by atoms with Crippen molar-refractivity contribution in [1.82, 2.24) is 9.97 Å². The molecule has 0 saturated heterocycles. The number of hydrogen-bond donors (Lipinski definition) is 2. The van der Waals surface area contributed by atoms with Gasteiger partial charge in [0.25, 0.3) is 0 Å². The van der Waals surface area contributed by atoms with Crippen LogP contribution in [-0.2, 0) is 0 Å². The first-order valence-electron chi connectivity index (χ1n) is 6.01. The summed E-state index contributed by atoms with van der Waals surface area (Å²) in [5.41, 5.74) is 1.46. The molecule has 2 rings (SSSR count). The van der Waals surface area contributed by atoms with Crippen molar-refractivity contribution in [2.24, 2.45) is 0 Å². The molecule has 0 saturated carbocycles. The van der Waals surface area contributed by atoms with Crippen LogP contribution in [-0.4, -0.2) is 16.5 Å². The molecule has 1 aromatic carbocycles. The molecule has 1 aromatic heterocycles. The van der Waals surface area contributed by atoms with E-state index < -0.39 is 0 Å². The molecular formula is C14H14Cl2N4. The van der Waals surface area contributed by atoms with Gasteiger partial charge in [-0.05, 0) is 19.1 Å². The van der Waals surface area contributed by atoms with Crippen LogP contribution in [0.1, 0.15) is 5.69 Å². The second-order valence-electron chi connectivity index (χ2n) is 4.11. The van der Waals surface area contributed by atoms with Crippen molar-refractivity contribution in [3.05, 3.63) is 52.7 Å². The first kappa shape index (κ1) is 14.6. The van der Waals surface area contributed by atoms with Crippen molar-refractivity contribution < 1.29 is 0 Å². The van der Waals surface area contributed by atoms with Crippen LogP contribution in [0, 0.1) is 6.92 Å². The van der Waals surface area contributed by atoms with Gasteiger partial charge in [0.05, 0.1) is 15.7 Å². The van der Waals surface area contributed by atoms with Gasteiger partial charge in [0.1, 0.15) is 5.82 Å². The summed E-state index contributed by atoms with van der Waals surface area (Å²) < 4.78 is 0. The Morgan fingerprint density at radius 2 is 1.95 bits per heavy atom. The number of benzene rings is 1. The molecule has 0 aliphatic heterocycles. The van der Waals surface area contributed by atoms with E-state index in [-0.39, 0.29) is 0 Å². The molecular weight excluding hydrogens is 295 g/mol. The van der Waals surface area contributed by atoms with Crippen LogP contribution < -0.4 is 10.6 Å². The topological polar surface area (TPSA) is 49.8 Å². The Labute approximate surface area is 127 Å². The third-order valence-corrected chi connectivity index (χ3v) is 3.10. The van der Waals surface area contributed by atoms with Crippen molar-refractivity contribution in [3.8, 4) is 0 Å². The zero-order valence-electron chi connectivity index (χ0n) is 11.0. The predicted molar refractivity (Wildman–Crippen MR) is 85.2 cm³/mol. The number of aryl methyl sites for hydroxylation is 1. The summed E-state index contributed by atoms with van der Waals surface area (Å²) in [6.45, 7) is 6.13. The lowest BCUT2D eigenvalue weighted by molar-refractivity contribution is 1.08. The number of nitrogens with zero attached hydrogens (tertiary/aromatic N) is 2. The average Bonchev–Trinajstić information content (AvgIpc) is 2.40. The van der Waals surface area contributed by atoms with Crippen molar-refractivity contribution in [2.45, 2.75) is 6.92 Å². The molecule has 2 N–H and O–H groups in total. The van der Waals surface area contributed by atoms with Gasteiger partial charge in [0.2, 0.25) is 5.95 Å². The molecule has 0 unspecified atom stereocenters. The molecule has 1 heterocycles. The van der Waals surface area contributed by atoms with E-state index in [2.05, 4.69) is 27.2 Å². The summed E-state index contributed by atoms with van der Waals surface area (Å²) in [5, 5.41) is 7.23. The highest BCUT2D eigenvalue weighted by Crippen LogP contribution is 2.32. The van der Waals surface area contributed by atoms with Crippen LogP contribution in [0.25, 0.3) is 0 Å². The fourth-order valence-corrected chi connectivity index (χ4v) is 2.11. The zero-order valence-corrected chi connectivity index (χ0v) is 12.5. The predicted octanol–water partition coefficient (Wildman–Crippen LogP) is 4.43. The smallest absolute Gasteiger partial charge is 0.225 e. The van der Waals surface area contributed by atoms with Crippen LogP contribution in [0.4, 0.5) is 17.5 Å². The van der Waals surface area contributed by atoms with Gasteiger partial charge in [-0.2, -0.15) is 4.98 Å². The molecule has 0 fully saturated rings. The number of rotatable bonds is 5. The number of nitrogens with one attached hydrogen (secondary N) is 2. The Morgan fingerprint density at radius 3 is 2.60 bits per heavy atom. The Hall–Kier alpha value is -1.78. The van der Waals surface area contributed by atoms with Crippen molar-refractivity contribution >= 4 is 40.7 Å². The minimum absolute atomic E-state index is 0.524. The summed E-state index contributed by atoms with van der Waals surface area (Å²) in [5.74, 6) is 1.15. The molecule has 0 aliphatic rings. The Morgan fingerprint density at radius 1 is 1.25 bits per heavy atom. The van der Waals surface area contributed by atoms with Gasteiger partial charge in [-0.3, -0.25) is 0 Å². The minimum Gasteiger partial charge on any atom is -0.351 e. The Bertz CT molecular complexity index is 608.